The molecule has 1 amide bonds. The molecule has 1 aromatic carbocycles. The number of halogens is 1. The Morgan fingerprint density at radius 1 is 1.19 bits per heavy atom. The van der Waals surface area contributed by atoms with Crippen LogP contribution in [-0.2, 0) is 0 Å². The second-order valence-corrected chi connectivity index (χ2v) is 5.28. The lowest BCUT2D eigenvalue weighted by atomic mass is 10.2. The molecule has 0 radical (unpaired) electrons. The lowest BCUT2D eigenvalue weighted by molar-refractivity contribution is 0.0959. The molecular formula is C16H17FN2O2. The van der Waals surface area contributed by atoms with Crippen molar-refractivity contribution in [1.29, 1.82) is 0 Å². The van der Waals surface area contributed by atoms with Crippen molar-refractivity contribution < 1.29 is 13.6 Å². The summed E-state index contributed by atoms with van der Waals surface area (Å²) in [5.74, 6) is 0.389. The summed E-state index contributed by atoms with van der Waals surface area (Å²) in [6, 6.07) is 7.95. The van der Waals surface area contributed by atoms with Crippen molar-refractivity contribution in [2.75, 3.05) is 29.9 Å². The second-order valence-electron chi connectivity index (χ2n) is 5.28. The molecule has 0 spiro atoms. The molecule has 2 heterocycles. The maximum Gasteiger partial charge on any atom is 0.294 e. The van der Waals surface area contributed by atoms with Crippen LogP contribution in [0.4, 0.5) is 15.8 Å². The highest BCUT2D eigenvalue weighted by atomic mass is 19.1. The van der Waals surface area contributed by atoms with E-state index in [1.54, 1.807) is 30.0 Å². The first-order valence-corrected chi connectivity index (χ1v) is 6.95. The summed E-state index contributed by atoms with van der Waals surface area (Å²) in [5.41, 5.74) is 1.44. The van der Waals surface area contributed by atoms with Crippen molar-refractivity contribution in [2.45, 2.75) is 13.3 Å². The minimum Gasteiger partial charge on any atom is -0.456 e. The molecule has 1 aliphatic heterocycles. The van der Waals surface area contributed by atoms with Gasteiger partial charge in [0.05, 0.1) is 11.4 Å². The Kier molecular flexibility index (Phi) is 3.41. The van der Waals surface area contributed by atoms with Crippen LogP contribution >= 0.6 is 0 Å². The zero-order chi connectivity index (χ0) is 15.0. The van der Waals surface area contributed by atoms with Crippen LogP contribution in [-0.4, -0.2) is 26.0 Å². The molecule has 0 atom stereocenters. The van der Waals surface area contributed by atoms with Crippen molar-refractivity contribution in [3.05, 3.63) is 47.7 Å². The van der Waals surface area contributed by atoms with Crippen molar-refractivity contribution in [1.82, 2.24) is 0 Å². The molecule has 0 aliphatic carbocycles. The highest BCUT2D eigenvalue weighted by Gasteiger charge is 2.26. The fraction of sp³-hybridized carbons (Fsp3) is 0.312. The number of carbonyl (C=O) groups is 1. The van der Waals surface area contributed by atoms with E-state index >= 15 is 0 Å². The zero-order valence-corrected chi connectivity index (χ0v) is 12.1. The molecule has 5 heteroatoms. The lowest BCUT2D eigenvalue weighted by Crippen LogP contribution is -2.31. The predicted octanol–water partition coefficient (Wildman–Crippen LogP) is 3.21. The normalized spacial score (nSPS) is 14.8. The van der Waals surface area contributed by atoms with Gasteiger partial charge in [0.2, 0.25) is 0 Å². The van der Waals surface area contributed by atoms with E-state index in [1.165, 1.54) is 12.1 Å². The first-order valence-electron chi connectivity index (χ1n) is 6.95. The van der Waals surface area contributed by atoms with Gasteiger partial charge in [0, 0.05) is 20.1 Å². The van der Waals surface area contributed by atoms with E-state index in [1.807, 2.05) is 11.9 Å². The smallest absolute Gasteiger partial charge is 0.294 e. The third kappa shape index (κ3) is 2.51. The molecule has 1 aromatic heterocycles. The summed E-state index contributed by atoms with van der Waals surface area (Å²) in [6.07, 6.45) is 0.818. The number of anilines is 2. The molecule has 0 N–H and O–H groups in total. The Hall–Kier alpha value is -2.30. The standard InChI is InChI=1S/C16H17FN2O2/c1-11-4-7-15(21-11)16(20)19-9-3-8-18(2)13-6-5-12(17)10-14(13)19/h4-7,10H,3,8-9H2,1-2H3. The van der Waals surface area contributed by atoms with Gasteiger partial charge in [0.1, 0.15) is 11.6 Å². The Labute approximate surface area is 122 Å². The average molecular weight is 288 g/mol. The number of benzene rings is 1. The Bertz CT molecular complexity index is 681. The number of carbonyl (C=O) groups excluding carboxylic acids is 1. The average Bonchev–Trinajstić information content (AvgIpc) is 2.82. The van der Waals surface area contributed by atoms with Gasteiger partial charge < -0.3 is 14.2 Å². The number of hydrogen-bond donors (Lipinski definition) is 0. The molecule has 0 saturated carbocycles. The van der Waals surface area contributed by atoms with Gasteiger partial charge in [-0.3, -0.25) is 4.79 Å². The zero-order valence-electron chi connectivity index (χ0n) is 12.1. The van der Waals surface area contributed by atoms with Crippen LogP contribution in [0.3, 0.4) is 0 Å². The molecular weight excluding hydrogens is 271 g/mol. The van der Waals surface area contributed by atoms with Crippen molar-refractivity contribution in [2.24, 2.45) is 0 Å². The number of furan rings is 1. The highest BCUT2D eigenvalue weighted by molar-refractivity contribution is 6.06. The van der Waals surface area contributed by atoms with Crippen LogP contribution in [0.25, 0.3) is 0 Å². The minimum atomic E-state index is -0.350. The molecule has 0 unspecified atom stereocenters. The molecule has 0 saturated heterocycles. The number of rotatable bonds is 1. The van der Waals surface area contributed by atoms with Crippen LogP contribution in [0, 0.1) is 12.7 Å². The summed E-state index contributed by atoms with van der Waals surface area (Å²) in [6.45, 7) is 3.15. The van der Waals surface area contributed by atoms with Crippen molar-refractivity contribution >= 4 is 17.3 Å². The first kappa shape index (κ1) is 13.7. The molecule has 4 nitrogen and oxygen atoms in total. The first-order chi connectivity index (χ1) is 10.1. The molecule has 3 rings (SSSR count). The summed E-state index contributed by atoms with van der Waals surface area (Å²) < 4.78 is 19.0. The van der Waals surface area contributed by atoms with E-state index in [0.717, 1.165) is 18.7 Å². The van der Waals surface area contributed by atoms with Crippen LogP contribution in [0.1, 0.15) is 22.7 Å². The SMILES string of the molecule is Cc1ccc(C(=O)N2CCCN(C)c3ccc(F)cc32)o1. The van der Waals surface area contributed by atoms with Gasteiger partial charge in [0.15, 0.2) is 5.76 Å². The lowest BCUT2D eigenvalue weighted by Gasteiger charge is -2.23. The summed E-state index contributed by atoms with van der Waals surface area (Å²) in [5, 5.41) is 0. The number of aryl methyl sites for hydroxylation is 1. The van der Waals surface area contributed by atoms with Gasteiger partial charge in [0.25, 0.3) is 5.91 Å². The molecule has 0 fully saturated rings. The number of nitrogens with zero attached hydrogens (tertiary/aromatic N) is 2. The molecule has 1 aliphatic rings. The topological polar surface area (TPSA) is 36.7 Å². The van der Waals surface area contributed by atoms with Crippen LogP contribution in [0.5, 0.6) is 0 Å². The van der Waals surface area contributed by atoms with Gasteiger partial charge in [-0.1, -0.05) is 0 Å². The fourth-order valence-corrected chi connectivity index (χ4v) is 2.64. The highest BCUT2D eigenvalue weighted by Crippen LogP contribution is 2.33. The molecule has 2 aromatic rings. The quantitative estimate of drug-likeness (QED) is 0.808. The van der Waals surface area contributed by atoms with E-state index < -0.39 is 0 Å². The summed E-state index contributed by atoms with van der Waals surface area (Å²) in [7, 11) is 1.95. The second kappa shape index (κ2) is 5.24. The van der Waals surface area contributed by atoms with E-state index in [0.29, 0.717) is 18.0 Å². The fourth-order valence-electron chi connectivity index (χ4n) is 2.64. The van der Waals surface area contributed by atoms with Crippen molar-refractivity contribution in [3.63, 3.8) is 0 Å². The predicted molar refractivity (Wildman–Crippen MR) is 79.4 cm³/mol. The minimum absolute atomic E-state index is 0.231. The molecule has 110 valence electrons. The monoisotopic (exact) mass is 288 g/mol. The number of hydrogen-bond acceptors (Lipinski definition) is 3. The van der Waals surface area contributed by atoms with Gasteiger partial charge in [-0.2, -0.15) is 0 Å². The van der Waals surface area contributed by atoms with Crippen LogP contribution < -0.4 is 9.80 Å². The van der Waals surface area contributed by atoms with Crippen LogP contribution in [0.15, 0.2) is 34.7 Å². The number of fused-ring (bicyclic) bond motifs is 1. The van der Waals surface area contributed by atoms with Crippen molar-refractivity contribution in [3.8, 4) is 0 Å². The maximum atomic E-state index is 13.6. The Morgan fingerprint density at radius 2 is 2.00 bits per heavy atom. The molecule has 21 heavy (non-hydrogen) atoms. The third-order valence-electron chi connectivity index (χ3n) is 3.71. The Morgan fingerprint density at radius 3 is 2.71 bits per heavy atom. The van der Waals surface area contributed by atoms with E-state index in [4.69, 9.17) is 4.42 Å². The number of amides is 1. The maximum absolute atomic E-state index is 13.6. The Balaban J connectivity index is 2.04. The van der Waals surface area contributed by atoms with Gasteiger partial charge in [-0.05, 0) is 43.7 Å². The van der Waals surface area contributed by atoms with Gasteiger partial charge in [-0.25, -0.2) is 4.39 Å². The summed E-state index contributed by atoms with van der Waals surface area (Å²) in [4.78, 5) is 16.3. The largest absolute Gasteiger partial charge is 0.456 e. The van der Waals surface area contributed by atoms with Gasteiger partial charge in [-0.15, -0.1) is 0 Å². The van der Waals surface area contributed by atoms with Gasteiger partial charge >= 0.3 is 0 Å². The van der Waals surface area contributed by atoms with E-state index in [-0.39, 0.29) is 17.5 Å². The van der Waals surface area contributed by atoms with Crippen LogP contribution in [0.2, 0.25) is 0 Å². The van der Waals surface area contributed by atoms with E-state index in [9.17, 15) is 9.18 Å². The third-order valence-corrected chi connectivity index (χ3v) is 3.71. The van der Waals surface area contributed by atoms with E-state index in [2.05, 4.69) is 0 Å². The summed E-state index contributed by atoms with van der Waals surface area (Å²) >= 11 is 0. The molecule has 0 bridgehead atoms.